The zero-order valence-corrected chi connectivity index (χ0v) is 16.7. The van der Waals surface area contributed by atoms with E-state index in [-0.39, 0.29) is 24.7 Å². The van der Waals surface area contributed by atoms with Crippen LogP contribution in [0.1, 0.15) is 11.1 Å². The minimum atomic E-state index is -0.225. The third-order valence-electron chi connectivity index (χ3n) is 4.81. The van der Waals surface area contributed by atoms with Crippen molar-refractivity contribution in [1.29, 1.82) is 0 Å². The number of phenols is 1. The quantitative estimate of drug-likeness (QED) is 0.442. The Kier molecular flexibility index (Phi) is 6.01. The first-order valence-corrected chi connectivity index (χ1v) is 9.83. The van der Waals surface area contributed by atoms with Crippen LogP contribution in [0.25, 0.3) is 22.5 Å². The highest BCUT2D eigenvalue weighted by atomic mass is 16.3. The second-order valence-corrected chi connectivity index (χ2v) is 7.06. The molecule has 3 N–H and O–H groups in total. The zero-order valence-electron chi connectivity index (χ0n) is 16.7. The van der Waals surface area contributed by atoms with E-state index in [1.165, 1.54) is 0 Å². The maximum Gasteiger partial charge on any atom is 0.230 e. The Morgan fingerprint density at radius 2 is 1.52 bits per heavy atom. The fraction of sp³-hybridized carbons (Fsp3) is 0.0800. The molecule has 3 aromatic carbocycles. The van der Waals surface area contributed by atoms with Gasteiger partial charge in [0.05, 0.1) is 24.9 Å². The standard InChI is InChI=1S/C25H21N3O3/c29-16-18-6-10-19(11-7-18)22-15-26-25(24(27-22)20-4-2-1-3-5-20)28-23(31)14-17-8-12-21(30)13-9-17/h1-13,15,29-30H,14,16H2,(H,26,28,31). The predicted molar refractivity (Wildman–Crippen MR) is 119 cm³/mol. The molecule has 0 saturated heterocycles. The van der Waals surface area contributed by atoms with Crippen molar-refractivity contribution in [3.8, 4) is 28.3 Å². The summed E-state index contributed by atoms with van der Waals surface area (Å²) < 4.78 is 0. The predicted octanol–water partition coefficient (Wildman–Crippen LogP) is 4.19. The summed E-state index contributed by atoms with van der Waals surface area (Å²) in [6.07, 6.45) is 1.77. The highest BCUT2D eigenvalue weighted by Gasteiger charge is 2.14. The Morgan fingerprint density at radius 1 is 0.839 bits per heavy atom. The van der Waals surface area contributed by atoms with E-state index in [0.717, 1.165) is 22.3 Å². The number of carbonyl (C=O) groups is 1. The van der Waals surface area contributed by atoms with Gasteiger partial charge < -0.3 is 15.5 Å². The van der Waals surface area contributed by atoms with Crippen molar-refractivity contribution in [1.82, 2.24) is 9.97 Å². The Hall–Kier alpha value is -4.03. The van der Waals surface area contributed by atoms with Crippen LogP contribution in [-0.2, 0) is 17.8 Å². The molecule has 0 aliphatic carbocycles. The number of aliphatic hydroxyl groups excluding tert-OH is 1. The smallest absolute Gasteiger partial charge is 0.230 e. The number of hydrogen-bond acceptors (Lipinski definition) is 5. The van der Waals surface area contributed by atoms with Crippen molar-refractivity contribution in [3.63, 3.8) is 0 Å². The van der Waals surface area contributed by atoms with E-state index >= 15 is 0 Å². The molecule has 31 heavy (non-hydrogen) atoms. The maximum atomic E-state index is 12.6. The van der Waals surface area contributed by atoms with Crippen molar-refractivity contribution in [2.45, 2.75) is 13.0 Å². The van der Waals surface area contributed by atoms with E-state index in [1.807, 2.05) is 54.6 Å². The molecule has 0 unspecified atom stereocenters. The molecule has 0 atom stereocenters. The van der Waals surface area contributed by atoms with E-state index in [2.05, 4.69) is 10.3 Å². The molecule has 0 fully saturated rings. The number of aromatic nitrogens is 2. The number of aromatic hydroxyl groups is 1. The van der Waals surface area contributed by atoms with Crippen LogP contribution in [0.5, 0.6) is 5.75 Å². The summed E-state index contributed by atoms with van der Waals surface area (Å²) in [4.78, 5) is 21.9. The average molecular weight is 411 g/mol. The van der Waals surface area contributed by atoms with Crippen LogP contribution in [0.2, 0.25) is 0 Å². The molecule has 1 heterocycles. The van der Waals surface area contributed by atoms with Crippen LogP contribution in [0.4, 0.5) is 5.82 Å². The molecule has 0 aliphatic heterocycles. The summed E-state index contributed by atoms with van der Waals surface area (Å²) in [5, 5.41) is 21.5. The number of carbonyl (C=O) groups excluding carboxylic acids is 1. The first-order valence-electron chi connectivity index (χ1n) is 9.83. The van der Waals surface area contributed by atoms with Gasteiger partial charge in [0.2, 0.25) is 5.91 Å². The number of nitrogens with zero attached hydrogens (tertiary/aromatic N) is 2. The number of rotatable bonds is 6. The fourth-order valence-electron chi connectivity index (χ4n) is 3.17. The molecule has 6 nitrogen and oxygen atoms in total. The van der Waals surface area contributed by atoms with Crippen LogP contribution in [0.3, 0.4) is 0 Å². The van der Waals surface area contributed by atoms with E-state index < -0.39 is 0 Å². The summed E-state index contributed by atoms with van der Waals surface area (Å²) in [6.45, 7) is -0.0206. The van der Waals surface area contributed by atoms with Gasteiger partial charge in [0, 0.05) is 11.1 Å². The molecule has 0 saturated carbocycles. The normalized spacial score (nSPS) is 10.6. The van der Waals surface area contributed by atoms with Gasteiger partial charge in [-0.2, -0.15) is 0 Å². The molecule has 6 heteroatoms. The molecule has 0 aliphatic rings. The van der Waals surface area contributed by atoms with Gasteiger partial charge >= 0.3 is 0 Å². The van der Waals surface area contributed by atoms with Crippen LogP contribution < -0.4 is 5.32 Å². The summed E-state index contributed by atoms with van der Waals surface area (Å²) in [7, 11) is 0. The minimum absolute atomic E-state index is 0.0206. The van der Waals surface area contributed by atoms with Gasteiger partial charge in [-0.1, -0.05) is 66.7 Å². The summed E-state index contributed by atoms with van der Waals surface area (Å²) in [6, 6.07) is 23.5. The number of hydrogen-bond donors (Lipinski definition) is 3. The van der Waals surface area contributed by atoms with E-state index in [4.69, 9.17) is 4.98 Å². The summed E-state index contributed by atoms with van der Waals surface area (Å²) in [5.41, 5.74) is 4.54. The largest absolute Gasteiger partial charge is 0.508 e. The van der Waals surface area contributed by atoms with Crippen molar-refractivity contribution >= 4 is 11.7 Å². The minimum Gasteiger partial charge on any atom is -0.508 e. The Balaban J connectivity index is 1.64. The lowest BCUT2D eigenvalue weighted by Gasteiger charge is -2.12. The summed E-state index contributed by atoms with van der Waals surface area (Å²) >= 11 is 0. The number of amides is 1. The monoisotopic (exact) mass is 411 g/mol. The van der Waals surface area contributed by atoms with Gasteiger partial charge in [0.15, 0.2) is 5.82 Å². The molecule has 0 spiro atoms. The van der Waals surface area contributed by atoms with E-state index in [0.29, 0.717) is 17.2 Å². The Morgan fingerprint density at radius 3 is 2.19 bits per heavy atom. The van der Waals surface area contributed by atoms with Crippen molar-refractivity contribution in [3.05, 3.63) is 96.2 Å². The fourth-order valence-corrected chi connectivity index (χ4v) is 3.17. The van der Waals surface area contributed by atoms with Crippen molar-refractivity contribution in [2.75, 3.05) is 5.32 Å². The van der Waals surface area contributed by atoms with Crippen LogP contribution in [0.15, 0.2) is 85.1 Å². The third kappa shape index (κ3) is 4.94. The van der Waals surface area contributed by atoms with Gasteiger partial charge in [-0.25, -0.2) is 9.97 Å². The molecule has 0 radical (unpaired) electrons. The van der Waals surface area contributed by atoms with Gasteiger partial charge in [0.25, 0.3) is 0 Å². The first kappa shape index (κ1) is 20.3. The molecule has 4 aromatic rings. The lowest BCUT2D eigenvalue weighted by Crippen LogP contribution is -2.16. The average Bonchev–Trinajstić information content (AvgIpc) is 2.81. The number of aliphatic hydroxyl groups is 1. The van der Waals surface area contributed by atoms with E-state index in [9.17, 15) is 15.0 Å². The first-order chi connectivity index (χ1) is 15.1. The lowest BCUT2D eigenvalue weighted by atomic mass is 10.1. The van der Waals surface area contributed by atoms with Crippen molar-refractivity contribution in [2.24, 2.45) is 0 Å². The summed E-state index contributed by atoms with van der Waals surface area (Å²) in [5.74, 6) is 0.312. The Bertz CT molecular complexity index is 1180. The van der Waals surface area contributed by atoms with Crippen molar-refractivity contribution < 1.29 is 15.0 Å². The van der Waals surface area contributed by atoms with Gasteiger partial charge in [-0.15, -0.1) is 0 Å². The molecular formula is C25H21N3O3. The third-order valence-corrected chi connectivity index (χ3v) is 4.81. The number of anilines is 1. The second-order valence-electron chi connectivity index (χ2n) is 7.06. The molecule has 1 aromatic heterocycles. The zero-order chi connectivity index (χ0) is 21.6. The second kappa shape index (κ2) is 9.19. The maximum absolute atomic E-state index is 12.6. The van der Waals surface area contributed by atoms with Gasteiger partial charge in [-0.05, 0) is 23.3 Å². The molecule has 154 valence electrons. The van der Waals surface area contributed by atoms with Crippen LogP contribution >= 0.6 is 0 Å². The van der Waals surface area contributed by atoms with Crippen LogP contribution in [0, 0.1) is 0 Å². The van der Waals surface area contributed by atoms with Crippen LogP contribution in [-0.4, -0.2) is 26.1 Å². The highest BCUT2D eigenvalue weighted by molar-refractivity contribution is 5.94. The molecule has 4 rings (SSSR count). The molecule has 0 bridgehead atoms. The topological polar surface area (TPSA) is 95.3 Å². The SMILES string of the molecule is O=C(Cc1ccc(O)cc1)Nc1ncc(-c2ccc(CO)cc2)nc1-c1ccccc1. The molecule has 1 amide bonds. The Labute approximate surface area is 179 Å². The molecular weight excluding hydrogens is 390 g/mol. The van der Waals surface area contributed by atoms with Gasteiger partial charge in [-0.3, -0.25) is 4.79 Å². The number of benzene rings is 3. The number of nitrogens with one attached hydrogen (secondary N) is 1. The lowest BCUT2D eigenvalue weighted by molar-refractivity contribution is -0.115. The van der Waals surface area contributed by atoms with Gasteiger partial charge in [0.1, 0.15) is 11.4 Å². The van der Waals surface area contributed by atoms with E-state index in [1.54, 1.807) is 30.5 Å². The number of phenolic OH excluding ortho intramolecular Hbond substituents is 1. The highest BCUT2D eigenvalue weighted by Crippen LogP contribution is 2.28.